The lowest BCUT2D eigenvalue weighted by atomic mass is 10.1. The summed E-state index contributed by atoms with van der Waals surface area (Å²) in [6.45, 7) is 3.91. The molecule has 28 heavy (non-hydrogen) atoms. The van der Waals surface area contributed by atoms with Crippen molar-refractivity contribution in [3.8, 4) is 11.5 Å². The standard InChI is InChI=1S/C20H23NO6S/c1-20(2)13-21(28(23,24)17-9-7-16(25-3)8-10-17)12-15-6-5-14(19(22)26-4)11-18(15)27-20/h5-11H,12-13H2,1-4H3. The lowest BCUT2D eigenvalue weighted by molar-refractivity contribution is 0.0598. The van der Waals surface area contributed by atoms with Crippen molar-refractivity contribution < 1.29 is 27.4 Å². The third-order valence-corrected chi connectivity index (χ3v) is 6.28. The van der Waals surface area contributed by atoms with Gasteiger partial charge in [0.15, 0.2) is 0 Å². The molecule has 0 radical (unpaired) electrons. The molecule has 2 aromatic carbocycles. The minimum absolute atomic E-state index is 0.134. The predicted octanol–water partition coefficient (Wildman–Crippen LogP) is 2.84. The Morgan fingerprint density at radius 1 is 1.11 bits per heavy atom. The van der Waals surface area contributed by atoms with Gasteiger partial charge in [-0.25, -0.2) is 13.2 Å². The zero-order valence-electron chi connectivity index (χ0n) is 16.3. The minimum Gasteiger partial charge on any atom is -0.497 e. The average molecular weight is 405 g/mol. The third kappa shape index (κ3) is 3.98. The van der Waals surface area contributed by atoms with E-state index >= 15 is 0 Å². The number of sulfonamides is 1. The number of hydrogen-bond acceptors (Lipinski definition) is 6. The van der Waals surface area contributed by atoms with Gasteiger partial charge < -0.3 is 14.2 Å². The number of rotatable bonds is 4. The molecule has 0 aliphatic carbocycles. The summed E-state index contributed by atoms with van der Waals surface area (Å²) in [7, 11) is -0.916. The fourth-order valence-corrected chi connectivity index (χ4v) is 4.66. The van der Waals surface area contributed by atoms with Crippen molar-refractivity contribution in [1.82, 2.24) is 4.31 Å². The molecule has 150 valence electrons. The number of nitrogens with zero attached hydrogens (tertiary/aromatic N) is 1. The van der Waals surface area contributed by atoms with Crippen LogP contribution in [0.1, 0.15) is 29.8 Å². The molecule has 0 fully saturated rings. The molecular formula is C20H23NO6S. The average Bonchev–Trinajstić information content (AvgIpc) is 2.81. The number of methoxy groups -OCH3 is 2. The van der Waals surface area contributed by atoms with E-state index < -0.39 is 21.6 Å². The smallest absolute Gasteiger partial charge is 0.337 e. The number of carbonyl (C=O) groups is 1. The van der Waals surface area contributed by atoms with Crippen LogP contribution in [-0.4, -0.2) is 45.1 Å². The molecule has 0 N–H and O–H groups in total. The van der Waals surface area contributed by atoms with Crippen molar-refractivity contribution in [3.05, 3.63) is 53.6 Å². The number of carbonyl (C=O) groups excluding carboxylic acids is 1. The van der Waals surface area contributed by atoms with Crippen LogP contribution >= 0.6 is 0 Å². The van der Waals surface area contributed by atoms with Crippen molar-refractivity contribution >= 4 is 16.0 Å². The molecule has 8 heteroatoms. The second-order valence-corrected chi connectivity index (χ2v) is 9.06. The van der Waals surface area contributed by atoms with Crippen LogP contribution in [0, 0.1) is 0 Å². The first-order valence-electron chi connectivity index (χ1n) is 8.71. The summed E-state index contributed by atoms with van der Waals surface area (Å²) in [5.41, 5.74) is 0.235. The Labute approximate surface area is 164 Å². The lowest BCUT2D eigenvalue weighted by Gasteiger charge is -2.29. The Kier molecular flexibility index (Phi) is 5.36. The molecule has 1 heterocycles. The SMILES string of the molecule is COC(=O)c1ccc2c(c1)OC(C)(C)CN(S(=O)(=O)c1ccc(OC)cc1)C2. The number of esters is 1. The summed E-state index contributed by atoms with van der Waals surface area (Å²) in [4.78, 5) is 12.0. The van der Waals surface area contributed by atoms with E-state index in [1.807, 2.05) is 13.8 Å². The molecule has 0 amide bonds. The Morgan fingerprint density at radius 2 is 1.79 bits per heavy atom. The molecule has 1 aliphatic heterocycles. The molecule has 0 saturated carbocycles. The van der Waals surface area contributed by atoms with Gasteiger partial charge in [-0.3, -0.25) is 0 Å². The highest BCUT2D eigenvalue weighted by atomic mass is 32.2. The van der Waals surface area contributed by atoms with Crippen LogP contribution < -0.4 is 9.47 Å². The van der Waals surface area contributed by atoms with Crippen molar-refractivity contribution in [2.24, 2.45) is 0 Å². The molecule has 0 spiro atoms. The summed E-state index contributed by atoms with van der Waals surface area (Å²) >= 11 is 0. The van der Waals surface area contributed by atoms with Crippen molar-refractivity contribution in [2.75, 3.05) is 20.8 Å². The maximum atomic E-state index is 13.2. The first-order chi connectivity index (χ1) is 13.2. The monoisotopic (exact) mass is 405 g/mol. The normalized spacial score (nSPS) is 16.4. The van der Waals surface area contributed by atoms with E-state index in [1.54, 1.807) is 30.3 Å². The van der Waals surface area contributed by atoms with Gasteiger partial charge in [-0.2, -0.15) is 4.31 Å². The minimum atomic E-state index is -3.75. The highest BCUT2D eigenvalue weighted by Gasteiger charge is 2.36. The summed E-state index contributed by atoms with van der Waals surface area (Å²) in [6, 6.07) is 11.2. The van der Waals surface area contributed by atoms with Crippen LogP contribution in [0.25, 0.3) is 0 Å². The van der Waals surface area contributed by atoms with Gasteiger partial charge in [0.25, 0.3) is 0 Å². The van der Waals surface area contributed by atoms with Crippen LogP contribution in [0.4, 0.5) is 0 Å². The van der Waals surface area contributed by atoms with E-state index in [0.29, 0.717) is 22.6 Å². The van der Waals surface area contributed by atoms with Gasteiger partial charge in [0.2, 0.25) is 10.0 Å². The second-order valence-electron chi connectivity index (χ2n) is 7.12. The molecule has 0 saturated heterocycles. The fraction of sp³-hybridized carbons (Fsp3) is 0.350. The third-order valence-electron chi connectivity index (χ3n) is 4.48. The van der Waals surface area contributed by atoms with Gasteiger partial charge in [-0.15, -0.1) is 0 Å². The van der Waals surface area contributed by atoms with Crippen molar-refractivity contribution in [1.29, 1.82) is 0 Å². The molecule has 0 aromatic heterocycles. The maximum absolute atomic E-state index is 13.2. The predicted molar refractivity (Wildman–Crippen MR) is 103 cm³/mol. The van der Waals surface area contributed by atoms with Crippen molar-refractivity contribution in [3.63, 3.8) is 0 Å². The van der Waals surface area contributed by atoms with E-state index in [1.165, 1.54) is 30.7 Å². The molecule has 7 nitrogen and oxygen atoms in total. The fourth-order valence-electron chi connectivity index (χ4n) is 3.09. The molecule has 0 atom stereocenters. The largest absolute Gasteiger partial charge is 0.497 e. The Bertz CT molecular complexity index is 982. The number of ether oxygens (including phenoxy) is 3. The van der Waals surface area contributed by atoms with Crippen LogP contribution in [0.3, 0.4) is 0 Å². The number of fused-ring (bicyclic) bond motifs is 1. The Morgan fingerprint density at radius 3 is 2.39 bits per heavy atom. The summed E-state index contributed by atoms with van der Waals surface area (Å²) < 4.78 is 43.7. The van der Waals surface area contributed by atoms with Crippen LogP contribution in [0.15, 0.2) is 47.4 Å². The van der Waals surface area contributed by atoms with Gasteiger partial charge in [0.1, 0.15) is 17.1 Å². The molecule has 0 unspecified atom stereocenters. The van der Waals surface area contributed by atoms with Crippen LogP contribution in [0.2, 0.25) is 0 Å². The molecule has 0 bridgehead atoms. The molecule has 3 rings (SSSR count). The van der Waals surface area contributed by atoms with E-state index in [0.717, 1.165) is 0 Å². The van der Waals surface area contributed by atoms with Crippen LogP contribution in [-0.2, 0) is 21.3 Å². The van der Waals surface area contributed by atoms with Gasteiger partial charge in [0, 0.05) is 12.1 Å². The van der Waals surface area contributed by atoms with Gasteiger partial charge in [0.05, 0.1) is 31.2 Å². The first kappa shape index (κ1) is 20.2. The van der Waals surface area contributed by atoms with E-state index in [2.05, 4.69) is 0 Å². The first-order valence-corrected chi connectivity index (χ1v) is 10.1. The van der Waals surface area contributed by atoms with Gasteiger partial charge >= 0.3 is 5.97 Å². The highest BCUT2D eigenvalue weighted by molar-refractivity contribution is 7.89. The molecule has 2 aromatic rings. The maximum Gasteiger partial charge on any atom is 0.337 e. The van der Waals surface area contributed by atoms with E-state index in [-0.39, 0.29) is 18.0 Å². The van der Waals surface area contributed by atoms with E-state index in [9.17, 15) is 13.2 Å². The lowest BCUT2D eigenvalue weighted by Crippen LogP contribution is -2.43. The Hall–Kier alpha value is -2.58. The Balaban J connectivity index is 2.00. The number of benzene rings is 2. The molecule has 1 aliphatic rings. The van der Waals surface area contributed by atoms with Crippen LogP contribution in [0.5, 0.6) is 11.5 Å². The topological polar surface area (TPSA) is 82.1 Å². The van der Waals surface area contributed by atoms with E-state index in [4.69, 9.17) is 14.2 Å². The number of hydrogen-bond donors (Lipinski definition) is 0. The quantitative estimate of drug-likeness (QED) is 0.728. The zero-order valence-corrected chi connectivity index (χ0v) is 17.1. The summed E-state index contributed by atoms with van der Waals surface area (Å²) in [5, 5.41) is 0. The zero-order chi connectivity index (χ0) is 20.5. The van der Waals surface area contributed by atoms with Gasteiger partial charge in [-0.1, -0.05) is 6.07 Å². The summed E-state index contributed by atoms with van der Waals surface area (Å²) in [5.74, 6) is 0.579. The summed E-state index contributed by atoms with van der Waals surface area (Å²) in [6.07, 6.45) is 0. The second kappa shape index (κ2) is 7.44. The highest BCUT2D eigenvalue weighted by Crippen LogP contribution is 2.33. The van der Waals surface area contributed by atoms with Gasteiger partial charge in [-0.05, 0) is 50.2 Å². The molecular weight excluding hydrogens is 382 g/mol. The van der Waals surface area contributed by atoms with Crippen molar-refractivity contribution in [2.45, 2.75) is 30.9 Å².